The number of halogens is 1. The van der Waals surface area contributed by atoms with Crippen molar-refractivity contribution in [3.8, 4) is 16.9 Å². The lowest BCUT2D eigenvalue weighted by Gasteiger charge is -2.44. The Morgan fingerprint density at radius 2 is 1.88 bits per heavy atom. The van der Waals surface area contributed by atoms with Gasteiger partial charge in [0.15, 0.2) is 5.65 Å². The number of aromatic nitrogens is 4. The largest absolute Gasteiger partial charge is 0.398 e. The molecule has 0 bridgehead atoms. The second-order valence-corrected chi connectivity index (χ2v) is 11.3. The molecule has 4 aromatic rings. The van der Waals surface area contributed by atoms with Crippen molar-refractivity contribution >= 4 is 40.0 Å². The molecule has 212 valence electrons. The van der Waals surface area contributed by atoms with Crippen molar-refractivity contribution in [1.82, 2.24) is 24.4 Å². The molecule has 0 spiro atoms. The number of hydrogen-bond donors (Lipinski definition) is 1. The number of pyridine rings is 2. The normalized spacial score (nSPS) is 17.3. The van der Waals surface area contributed by atoms with E-state index in [1.165, 1.54) is 6.08 Å². The van der Waals surface area contributed by atoms with Crippen molar-refractivity contribution in [1.29, 1.82) is 0 Å². The summed E-state index contributed by atoms with van der Waals surface area (Å²) >= 11 is 6.89. The van der Waals surface area contributed by atoms with Crippen LogP contribution in [0.4, 0.5) is 11.5 Å². The van der Waals surface area contributed by atoms with E-state index in [4.69, 9.17) is 22.3 Å². The van der Waals surface area contributed by atoms with Crippen LogP contribution in [0.2, 0.25) is 5.02 Å². The number of hydrogen-bond acceptors (Lipinski definition) is 7. The van der Waals surface area contributed by atoms with E-state index in [0.717, 1.165) is 11.3 Å². The Morgan fingerprint density at radius 1 is 1.15 bits per heavy atom. The summed E-state index contributed by atoms with van der Waals surface area (Å²) in [5.41, 5.74) is 10.2. The minimum absolute atomic E-state index is 0.0411. The molecule has 2 atom stereocenters. The van der Waals surface area contributed by atoms with Gasteiger partial charge < -0.3 is 15.5 Å². The van der Waals surface area contributed by atoms with Gasteiger partial charge in [-0.15, -0.1) is 0 Å². The van der Waals surface area contributed by atoms with Gasteiger partial charge >= 0.3 is 5.69 Å². The Kier molecular flexibility index (Phi) is 7.57. The zero-order chi connectivity index (χ0) is 29.6. The molecule has 1 fully saturated rings. The molecular formula is C31H34ClN7O2. The molecule has 5 rings (SSSR count). The number of nitrogens with zero attached hydrogens (tertiary/aromatic N) is 6. The minimum atomic E-state index is -0.475. The average molecular weight is 572 g/mol. The minimum Gasteiger partial charge on any atom is -0.398 e. The number of nitrogen functional groups attached to an aromatic ring is 1. The number of anilines is 2. The van der Waals surface area contributed by atoms with Crippen molar-refractivity contribution < 1.29 is 4.79 Å². The number of fused-ring (bicyclic) bond motifs is 1. The Bertz CT molecular complexity index is 1730. The first-order valence-corrected chi connectivity index (χ1v) is 14.0. The van der Waals surface area contributed by atoms with Crippen molar-refractivity contribution in [3.63, 3.8) is 0 Å². The molecule has 1 aliphatic rings. The van der Waals surface area contributed by atoms with Crippen LogP contribution in [0.5, 0.6) is 0 Å². The molecule has 1 aliphatic heterocycles. The van der Waals surface area contributed by atoms with E-state index >= 15 is 0 Å². The topological polar surface area (TPSA) is 110 Å². The highest BCUT2D eigenvalue weighted by Crippen LogP contribution is 2.37. The zero-order valence-corrected chi connectivity index (χ0v) is 24.7. The first kappa shape index (κ1) is 28.3. The van der Waals surface area contributed by atoms with Gasteiger partial charge in [0, 0.05) is 42.6 Å². The Hall–Kier alpha value is -4.24. The summed E-state index contributed by atoms with van der Waals surface area (Å²) in [6.07, 6.45) is 3.08. The highest BCUT2D eigenvalue weighted by atomic mass is 35.5. The number of rotatable bonds is 5. The van der Waals surface area contributed by atoms with Gasteiger partial charge in [-0.25, -0.2) is 14.3 Å². The smallest absolute Gasteiger partial charge is 0.355 e. The van der Waals surface area contributed by atoms with E-state index in [0.29, 0.717) is 57.6 Å². The molecule has 41 heavy (non-hydrogen) atoms. The van der Waals surface area contributed by atoms with Crippen molar-refractivity contribution in [2.75, 3.05) is 23.7 Å². The second-order valence-electron chi connectivity index (χ2n) is 10.9. The van der Waals surface area contributed by atoms with E-state index in [2.05, 4.69) is 21.4 Å². The van der Waals surface area contributed by atoms with Crippen molar-refractivity contribution in [2.24, 2.45) is 0 Å². The van der Waals surface area contributed by atoms with Gasteiger partial charge in [-0.1, -0.05) is 50.2 Å². The molecule has 1 aromatic carbocycles. The number of amides is 1. The quantitative estimate of drug-likeness (QED) is 0.261. The van der Waals surface area contributed by atoms with Crippen LogP contribution in [0.1, 0.15) is 44.9 Å². The molecule has 2 N–H and O–H groups in total. The monoisotopic (exact) mass is 571 g/mol. The highest BCUT2D eigenvalue weighted by molar-refractivity contribution is 6.34. The summed E-state index contributed by atoms with van der Waals surface area (Å²) in [6.45, 7) is 14.6. The van der Waals surface area contributed by atoms with Crippen LogP contribution < -0.4 is 16.3 Å². The third-order valence-corrected chi connectivity index (χ3v) is 7.95. The van der Waals surface area contributed by atoms with Crippen LogP contribution in [0.25, 0.3) is 28.0 Å². The Labute approximate surface area is 244 Å². The number of piperazine rings is 1. The first-order chi connectivity index (χ1) is 19.5. The lowest BCUT2D eigenvalue weighted by molar-refractivity contribution is -0.128. The van der Waals surface area contributed by atoms with Crippen LogP contribution in [0.15, 0.2) is 60.0 Å². The molecule has 10 heteroatoms. The number of aryl methyl sites for hydroxylation is 1. The summed E-state index contributed by atoms with van der Waals surface area (Å²) in [5, 5.41) is 1.00. The molecular weight excluding hydrogens is 538 g/mol. The van der Waals surface area contributed by atoms with Gasteiger partial charge in [-0.3, -0.25) is 9.78 Å². The number of carbonyl (C=O) groups excluding carboxylic acids is 1. The predicted octanol–water partition coefficient (Wildman–Crippen LogP) is 5.12. The van der Waals surface area contributed by atoms with Gasteiger partial charge in [0.2, 0.25) is 5.91 Å². The zero-order valence-electron chi connectivity index (χ0n) is 23.9. The fraction of sp³-hybridized carbons (Fsp3) is 0.323. The van der Waals surface area contributed by atoms with E-state index in [1.54, 1.807) is 21.7 Å². The van der Waals surface area contributed by atoms with Crippen LogP contribution in [0, 0.1) is 6.92 Å². The molecule has 0 radical (unpaired) electrons. The van der Waals surface area contributed by atoms with Gasteiger partial charge in [-0.2, -0.15) is 4.98 Å². The number of benzene rings is 1. The summed E-state index contributed by atoms with van der Waals surface area (Å²) in [6, 6.07) is 10.8. The SMILES string of the molecule is C=CC(=O)N1CC(C)N(c2nc(=O)n(-c3c(C)ccnc3C(C)C)c3nc(-c4ccccc4N)c(Cl)cc23)CC1C. The maximum Gasteiger partial charge on any atom is 0.355 e. The lowest BCUT2D eigenvalue weighted by Crippen LogP contribution is -2.58. The molecule has 0 saturated carbocycles. The molecule has 9 nitrogen and oxygen atoms in total. The Morgan fingerprint density at radius 3 is 2.56 bits per heavy atom. The number of carbonyl (C=O) groups is 1. The summed E-state index contributed by atoms with van der Waals surface area (Å²) in [4.78, 5) is 44.6. The second kappa shape index (κ2) is 11.0. The van der Waals surface area contributed by atoms with E-state index in [9.17, 15) is 9.59 Å². The predicted molar refractivity (Wildman–Crippen MR) is 165 cm³/mol. The van der Waals surface area contributed by atoms with E-state index in [1.807, 2.05) is 65.0 Å². The highest BCUT2D eigenvalue weighted by Gasteiger charge is 2.34. The van der Waals surface area contributed by atoms with Crippen LogP contribution >= 0.6 is 11.6 Å². The van der Waals surface area contributed by atoms with Gasteiger partial charge in [-0.05, 0) is 56.5 Å². The van der Waals surface area contributed by atoms with Crippen LogP contribution in [0.3, 0.4) is 0 Å². The summed E-state index contributed by atoms with van der Waals surface area (Å²) < 4.78 is 1.54. The van der Waals surface area contributed by atoms with Gasteiger partial charge in [0.1, 0.15) is 5.82 Å². The van der Waals surface area contributed by atoms with Crippen LogP contribution in [-0.2, 0) is 4.79 Å². The standard InChI is InChI=1S/C31H34ClN7O2/c1-7-25(40)37-15-20(6)38(16-19(37)5)29-22-14-23(32)27(21-10-8-9-11-24(21)33)35-30(22)39(31(41)36-29)28-18(4)12-13-34-26(28)17(2)3/h7-14,17,19-20H,1,15-16,33H2,2-6H3. The van der Waals surface area contributed by atoms with Crippen molar-refractivity contribution in [3.05, 3.63) is 82.0 Å². The molecule has 2 unspecified atom stereocenters. The summed E-state index contributed by atoms with van der Waals surface area (Å²) in [7, 11) is 0. The van der Waals surface area contributed by atoms with Gasteiger partial charge in [0.05, 0.1) is 27.5 Å². The maximum absolute atomic E-state index is 14.1. The fourth-order valence-corrected chi connectivity index (χ4v) is 5.81. The molecule has 1 saturated heterocycles. The summed E-state index contributed by atoms with van der Waals surface area (Å²) in [5.74, 6) is 0.389. The molecule has 1 amide bonds. The van der Waals surface area contributed by atoms with Gasteiger partial charge in [0.25, 0.3) is 0 Å². The lowest BCUT2D eigenvalue weighted by atomic mass is 10.0. The molecule has 4 heterocycles. The molecule has 0 aliphatic carbocycles. The van der Waals surface area contributed by atoms with E-state index in [-0.39, 0.29) is 23.9 Å². The fourth-order valence-electron chi connectivity index (χ4n) is 5.56. The average Bonchev–Trinajstić information content (AvgIpc) is 2.94. The first-order valence-electron chi connectivity index (χ1n) is 13.7. The maximum atomic E-state index is 14.1. The van der Waals surface area contributed by atoms with E-state index < -0.39 is 5.69 Å². The third kappa shape index (κ3) is 4.95. The third-order valence-electron chi connectivity index (χ3n) is 7.66. The Balaban J connectivity index is 1.83. The molecule has 3 aromatic heterocycles. The number of para-hydroxylation sites is 1. The van der Waals surface area contributed by atoms with Crippen LogP contribution in [-0.4, -0.2) is 55.5 Å². The number of nitrogens with two attached hydrogens (primary N) is 1. The van der Waals surface area contributed by atoms with Crippen molar-refractivity contribution in [2.45, 2.75) is 52.6 Å².